The Bertz CT molecular complexity index is 1150. The van der Waals surface area contributed by atoms with Crippen LogP contribution in [0.25, 0.3) is 10.9 Å². The van der Waals surface area contributed by atoms with Crippen LogP contribution in [0.1, 0.15) is 18.1 Å². The molecule has 0 aliphatic rings. The molecule has 0 saturated heterocycles. The highest BCUT2D eigenvalue weighted by molar-refractivity contribution is 14.0. The number of aromatic nitrogens is 1. The van der Waals surface area contributed by atoms with Gasteiger partial charge in [0, 0.05) is 30.2 Å². The Morgan fingerprint density at radius 2 is 1.97 bits per heavy atom. The molecule has 4 N–H and O–H groups in total. The Labute approximate surface area is 199 Å². The molecule has 31 heavy (non-hydrogen) atoms. The van der Waals surface area contributed by atoms with E-state index in [1.54, 1.807) is 24.3 Å². The monoisotopic (exact) mass is 559 g/mol. The molecule has 0 bridgehead atoms. The largest absolute Gasteiger partial charge is 0.361 e. The summed E-state index contributed by atoms with van der Waals surface area (Å²) >= 11 is 0. The van der Waals surface area contributed by atoms with E-state index >= 15 is 0 Å². The summed E-state index contributed by atoms with van der Waals surface area (Å²) in [7, 11) is -2.10. The third kappa shape index (κ3) is 6.65. The van der Waals surface area contributed by atoms with Gasteiger partial charge in [0.2, 0.25) is 10.0 Å². The van der Waals surface area contributed by atoms with Crippen LogP contribution in [0.5, 0.6) is 0 Å². The molecular weight excluding hydrogens is 532 g/mol. The molecule has 168 valence electrons. The smallest absolute Gasteiger partial charge is 0.240 e. The minimum absolute atomic E-state index is 0. The second kappa shape index (κ2) is 11.4. The molecule has 0 fully saturated rings. The van der Waals surface area contributed by atoms with E-state index in [1.165, 1.54) is 19.2 Å². The maximum absolute atomic E-state index is 13.3. The van der Waals surface area contributed by atoms with Gasteiger partial charge in [0.05, 0.1) is 11.4 Å². The lowest BCUT2D eigenvalue weighted by Gasteiger charge is -2.11. The molecule has 1 heterocycles. The highest BCUT2D eigenvalue weighted by Gasteiger charge is 2.11. The zero-order valence-electron chi connectivity index (χ0n) is 17.4. The molecule has 0 aliphatic heterocycles. The molecule has 0 radical (unpaired) electrons. The van der Waals surface area contributed by atoms with Crippen LogP contribution in [-0.2, 0) is 23.0 Å². The van der Waals surface area contributed by atoms with Gasteiger partial charge in [-0.15, -0.1) is 24.0 Å². The number of sulfonamides is 1. The predicted molar refractivity (Wildman–Crippen MR) is 133 cm³/mol. The predicted octanol–water partition coefficient (Wildman–Crippen LogP) is 3.13. The average Bonchev–Trinajstić information content (AvgIpc) is 3.14. The molecule has 0 aliphatic carbocycles. The number of fused-ring (bicyclic) bond motifs is 1. The number of H-pyrrole nitrogens is 1. The first-order chi connectivity index (χ1) is 14.4. The SMILES string of the molecule is CCNC(=NCc1cccc(S(=O)(=O)NC)c1)NCCc1c[nH]c2cc(F)ccc12.I. The van der Waals surface area contributed by atoms with Crippen molar-refractivity contribution >= 4 is 50.9 Å². The van der Waals surface area contributed by atoms with Crippen molar-refractivity contribution in [3.63, 3.8) is 0 Å². The minimum atomic E-state index is -3.49. The molecule has 3 rings (SSSR count). The maximum Gasteiger partial charge on any atom is 0.240 e. The number of nitrogens with zero attached hydrogens (tertiary/aromatic N) is 1. The molecule has 0 unspecified atom stereocenters. The number of rotatable bonds is 8. The van der Waals surface area contributed by atoms with Crippen LogP contribution in [-0.4, -0.2) is 39.5 Å². The topological polar surface area (TPSA) is 98.4 Å². The molecule has 10 heteroatoms. The molecule has 0 spiro atoms. The van der Waals surface area contributed by atoms with Gasteiger partial charge in [-0.1, -0.05) is 12.1 Å². The van der Waals surface area contributed by atoms with Crippen LogP contribution in [0, 0.1) is 5.82 Å². The highest BCUT2D eigenvalue weighted by atomic mass is 127. The molecule has 7 nitrogen and oxygen atoms in total. The lowest BCUT2D eigenvalue weighted by molar-refractivity contribution is 0.588. The number of hydrogen-bond donors (Lipinski definition) is 4. The molecule has 0 saturated carbocycles. The van der Waals surface area contributed by atoms with Gasteiger partial charge >= 0.3 is 0 Å². The first kappa shape index (κ1) is 25.1. The van der Waals surface area contributed by atoms with Crippen molar-refractivity contribution in [3.05, 3.63) is 65.6 Å². The summed E-state index contributed by atoms with van der Waals surface area (Å²) in [6.07, 6.45) is 2.63. The summed E-state index contributed by atoms with van der Waals surface area (Å²) in [5.41, 5.74) is 2.67. The summed E-state index contributed by atoms with van der Waals surface area (Å²) in [6, 6.07) is 11.4. The van der Waals surface area contributed by atoms with Gasteiger partial charge in [0.25, 0.3) is 0 Å². The van der Waals surface area contributed by atoms with Crippen LogP contribution >= 0.6 is 24.0 Å². The number of halogens is 2. The van der Waals surface area contributed by atoms with Crippen LogP contribution in [0.2, 0.25) is 0 Å². The lowest BCUT2D eigenvalue weighted by atomic mass is 10.1. The molecule has 0 amide bonds. The van der Waals surface area contributed by atoms with Crippen molar-refractivity contribution < 1.29 is 12.8 Å². The van der Waals surface area contributed by atoms with E-state index in [0.717, 1.165) is 28.5 Å². The van der Waals surface area contributed by atoms with Crippen molar-refractivity contribution in [2.24, 2.45) is 4.99 Å². The van der Waals surface area contributed by atoms with Gasteiger partial charge in [-0.3, -0.25) is 0 Å². The van der Waals surface area contributed by atoms with E-state index in [2.05, 4.69) is 25.3 Å². The van der Waals surface area contributed by atoms with Crippen LogP contribution in [0.15, 0.2) is 58.5 Å². The Morgan fingerprint density at radius 3 is 2.71 bits per heavy atom. The van der Waals surface area contributed by atoms with E-state index in [-0.39, 0.29) is 34.7 Å². The standard InChI is InChI=1S/C21H26FN5O2S.HI/c1-3-24-21(27-13-15-5-4-6-18(11-15)30(28,29)23-2)25-10-9-16-14-26-20-12-17(22)7-8-19(16)20;/h4-8,11-12,14,23,26H,3,9-10,13H2,1-2H3,(H2,24,25,27);1H. The summed E-state index contributed by atoms with van der Waals surface area (Å²) in [6.45, 7) is 3.66. The van der Waals surface area contributed by atoms with Crippen molar-refractivity contribution in [3.8, 4) is 0 Å². The fraction of sp³-hybridized carbons (Fsp3) is 0.286. The van der Waals surface area contributed by atoms with Crippen molar-refractivity contribution in [2.75, 3.05) is 20.1 Å². The number of aliphatic imine (C=N–C) groups is 1. The number of nitrogens with one attached hydrogen (secondary N) is 4. The second-order valence-electron chi connectivity index (χ2n) is 6.73. The number of benzene rings is 2. The fourth-order valence-corrected chi connectivity index (χ4v) is 3.92. The number of guanidine groups is 1. The second-order valence-corrected chi connectivity index (χ2v) is 8.62. The summed E-state index contributed by atoms with van der Waals surface area (Å²) in [5, 5.41) is 7.47. The zero-order valence-corrected chi connectivity index (χ0v) is 20.6. The van der Waals surface area contributed by atoms with Crippen LogP contribution in [0.3, 0.4) is 0 Å². The van der Waals surface area contributed by atoms with Gasteiger partial charge in [-0.05, 0) is 61.9 Å². The lowest BCUT2D eigenvalue weighted by Crippen LogP contribution is -2.38. The average molecular weight is 559 g/mol. The maximum atomic E-state index is 13.3. The Morgan fingerprint density at radius 1 is 1.16 bits per heavy atom. The van der Waals surface area contributed by atoms with Crippen LogP contribution in [0.4, 0.5) is 4.39 Å². The Kier molecular flexibility index (Phi) is 9.26. The van der Waals surface area contributed by atoms with Gasteiger partial charge in [0.15, 0.2) is 5.96 Å². The van der Waals surface area contributed by atoms with E-state index < -0.39 is 10.0 Å². The van der Waals surface area contributed by atoms with E-state index in [4.69, 9.17) is 0 Å². The quantitative estimate of drug-likeness (QED) is 0.194. The molecular formula is C21H27FIN5O2S. The van der Waals surface area contributed by atoms with Gasteiger partial charge in [-0.2, -0.15) is 0 Å². The van der Waals surface area contributed by atoms with E-state index in [0.29, 0.717) is 25.6 Å². The third-order valence-corrected chi connectivity index (χ3v) is 6.07. The summed E-state index contributed by atoms with van der Waals surface area (Å²) in [4.78, 5) is 7.85. The number of hydrogen-bond acceptors (Lipinski definition) is 3. The van der Waals surface area contributed by atoms with Gasteiger partial charge < -0.3 is 15.6 Å². The molecule has 2 aromatic carbocycles. The number of aromatic amines is 1. The fourth-order valence-electron chi connectivity index (χ4n) is 3.12. The van der Waals surface area contributed by atoms with Gasteiger partial charge in [0.1, 0.15) is 5.82 Å². The summed E-state index contributed by atoms with van der Waals surface area (Å²) in [5.74, 6) is 0.382. The van der Waals surface area contributed by atoms with Crippen molar-refractivity contribution in [2.45, 2.75) is 24.8 Å². The molecule has 1 aromatic heterocycles. The summed E-state index contributed by atoms with van der Waals surface area (Å²) < 4.78 is 39.6. The van der Waals surface area contributed by atoms with Crippen molar-refractivity contribution in [1.82, 2.24) is 20.3 Å². The van der Waals surface area contributed by atoms with Crippen LogP contribution < -0.4 is 15.4 Å². The van der Waals surface area contributed by atoms with E-state index in [9.17, 15) is 12.8 Å². The van der Waals surface area contributed by atoms with Crippen molar-refractivity contribution in [1.29, 1.82) is 0 Å². The minimum Gasteiger partial charge on any atom is -0.361 e. The third-order valence-electron chi connectivity index (χ3n) is 4.66. The van der Waals surface area contributed by atoms with E-state index in [1.807, 2.05) is 19.2 Å². The zero-order chi connectivity index (χ0) is 21.6. The molecule has 3 aromatic rings. The highest BCUT2D eigenvalue weighted by Crippen LogP contribution is 2.19. The Hall–Kier alpha value is -2.18. The molecule has 0 atom stereocenters. The first-order valence-corrected chi connectivity index (χ1v) is 11.2. The van der Waals surface area contributed by atoms with Gasteiger partial charge in [-0.25, -0.2) is 22.5 Å². The Balaban J connectivity index is 0.00000341. The normalized spacial score (nSPS) is 11.9. The first-order valence-electron chi connectivity index (χ1n) is 9.73.